The summed E-state index contributed by atoms with van der Waals surface area (Å²) in [6, 6.07) is 10.1. The van der Waals surface area contributed by atoms with Gasteiger partial charge in [-0.25, -0.2) is 4.79 Å². The molecule has 0 amide bonds. The topological polar surface area (TPSA) is 38.8 Å². The Morgan fingerprint density at radius 2 is 1.47 bits per heavy atom. The molecule has 4 heteroatoms. The molecule has 34 heavy (non-hydrogen) atoms. The van der Waals surface area contributed by atoms with Crippen LogP contribution < -0.4 is 0 Å². The van der Waals surface area contributed by atoms with Gasteiger partial charge in [-0.05, 0) is 64.6 Å². The van der Waals surface area contributed by atoms with Crippen LogP contribution in [-0.4, -0.2) is 38.1 Å². The van der Waals surface area contributed by atoms with Crippen molar-refractivity contribution in [2.24, 2.45) is 5.92 Å². The van der Waals surface area contributed by atoms with E-state index in [0.29, 0.717) is 19.6 Å². The summed E-state index contributed by atoms with van der Waals surface area (Å²) in [6.45, 7) is 3.36. The van der Waals surface area contributed by atoms with E-state index in [2.05, 4.69) is 31.2 Å². The van der Waals surface area contributed by atoms with E-state index in [4.69, 9.17) is 9.78 Å². The van der Waals surface area contributed by atoms with E-state index in [9.17, 15) is 4.79 Å². The van der Waals surface area contributed by atoms with Crippen molar-refractivity contribution in [1.29, 1.82) is 0 Å². The summed E-state index contributed by atoms with van der Waals surface area (Å²) < 4.78 is 0. The molecular weight excluding hydrogens is 422 g/mol. The Balaban J connectivity index is 2.00. The number of carbonyl (C=O) groups excluding carboxylic acids is 1. The van der Waals surface area contributed by atoms with Crippen LogP contribution in [0.5, 0.6) is 0 Å². The average Bonchev–Trinajstić information content (AvgIpc) is 2.83. The molecule has 1 aromatic carbocycles. The number of unbranched alkanes of at least 4 members (excludes halogenated alkanes) is 9. The average molecular weight is 472 g/mol. The molecule has 1 atom stereocenters. The highest BCUT2D eigenvalue weighted by Gasteiger charge is 2.22. The monoisotopic (exact) mass is 471 g/mol. The maximum atomic E-state index is 12.5. The van der Waals surface area contributed by atoms with Crippen LogP contribution in [0.3, 0.4) is 0 Å². The van der Waals surface area contributed by atoms with Crippen molar-refractivity contribution >= 4 is 5.97 Å². The molecule has 1 unspecified atom stereocenters. The van der Waals surface area contributed by atoms with Gasteiger partial charge in [0.1, 0.15) is 0 Å². The first-order valence-electron chi connectivity index (χ1n) is 13.5. The van der Waals surface area contributed by atoms with Crippen molar-refractivity contribution < 1.29 is 14.6 Å². The number of hydrogen-bond donors (Lipinski definition) is 0. The fourth-order valence-corrected chi connectivity index (χ4v) is 3.88. The zero-order valence-electron chi connectivity index (χ0n) is 22.1. The van der Waals surface area contributed by atoms with Crippen LogP contribution in [0.25, 0.3) is 0 Å². The number of allylic oxidation sites excluding steroid dienone is 4. The quantitative estimate of drug-likeness (QED) is 0.0797. The van der Waals surface area contributed by atoms with E-state index in [1.165, 1.54) is 57.8 Å². The third kappa shape index (κ3) is 17.6. The lowest BCUT2D eigenvalue weighted by Gasteiger charge is -2.19. The molecule has 4 nitrogen and oxygen atoms in total. The Hall–Kier alpha value is -1.91. The molecule has 0 bridgehead atoms. The minimum absolute atomic E-state index is 0.228. The number of rotatable bonds is 21. The third-order valence-corrected chi connectivity index (χ3v) is 5.81. The second kappa shape index (κ2) is 21.6. The minimum Gasteiger partial charge on any atom is -0.309 e. The molecule has 0 aliphatic rings. The van der Waals surface area contributed by atoms with E-state index in [0.717, 1.165) is 24.8 Å². The molecule has 0 radical (unpaired) electrons. The van der Waals surface area contributed by atoms with Crippen LogP contribution in [0.1, 0.15) is 89.5 Å². The first kappa shape index (κ1) is 30.1. The van der Waals surface area contributed by atoms with Gasteiger partial charge in [0.2, 0.25) is 0 Å². The first-order valence-corrected chi connectivity index (χ1v) is 13.5. The van der Waals surface area contributed by atoms with E-state index in [1.54, 1.807) is 0 Å². The fraction of sp³-hybridized carbons (Fsp3) is 0.633. The normalized spacial score (nSPS) is 12.7. The largest absolute Gasteiger partial charge is 0.347 e. The summed E-state index contributed by atoms with van der Waals surface area (Å²) in [5, 5.41) is 0. The van der Waals surface area contributed by atoms with Crippen LogP contribution >= 0.6 is 0 Å². The highest BCUT2D eigenvalue weighted by Crippen LogP contribution is 2.13. The van der Waals surface area contributed by atoms with Crippen molar-refractivity contribution in [3.8, 4) is 0 Å². The fourth-order valence-electron chi connectivity index (χ4n) is 3.88. The molecule has 0 saturated heterocycles. The van der Waals surface area contributed by atoms with Crippen LogP contribution in [0.4, 0.5) is 0 Å². The zero-order chi connectivity index (χ0) is 24.7. The number of benzene rings is 1. The van der Waals surface area contributed by atoms with Gasteiger partial charge in [-0.15, -0.1) is 0 Å². The van der Waals surface area contributed by atoms with Crippen LogP contribution in [0.15, 0.2) is 54.6 Å². The van der Waals surface area contributed by atoms with Gasteiger partial charge in [0.25, 0.3) is 0 Å². The summed E-state index contributed by atoms with van der Waals surface area (Å²) in [5.74, 6) is -0.508. The Labute approximate surface area is 209 Å². The van der Waals surface area contributed by atoms with E-state index in [-0.39, 0.29) is 11.9 Å². The summed E-state index contributed by atoms with van der Waals surface area (Å²) in [4.78, 5) is 24.8. The highest BCUT2D eigenvalue weighted by molar-refractivity contribution is 5.72. The lowest BCUT2D eigenvalue weighted by molar-refractivity contribution is -0.276. The van der Waals surface area contributed by atoms with Crippen molar-refractivity contribution in [2.75, 3.05) is 27.2 Å². The molecule has 0 spiro atoms. The van der Waals surface area contributed by atoms with Crippen molar-refractivity contribution in [2.45, 2.75) is 90.4 Å². The standard InChI is InChI=1S/C30H49NO3/c1-4-5-6-7-8-9-10-11-12-13-14-15-16-17-18-22-25-33-34-30(32)29(27-31(2)3)26-28-23-20-19-21-24-28/h8-9,11-12,19-21,23-24,29H,4-7,10,13-18,22,25-27H2,1-3H3/b9-8-,12-11-. The lowest BCUT2D eigenvalue weighted by atomic mass is 9.99. The van der Waals surface area contributed by atoms with Gasteiger partial charge in [-0.2, -0.15) is 4.89 Å². The van der Waals surface area contributed by atoms with Crippen LogP contribution in [0.2, 0.25) is 0 Å². The predicted octanol–water partition coefficient (Wildman–Crippen LogP) is 7.70. The van der Waals surface area contributed by atoms with Crippen molar-refractivity contribution in [3.05, 3.63) is 60.2 Å². The Kier molecular flexibility index (Phi) is 19.1. The van der Waals surface area contributed by atoms with Gasteiger partial charge in [0, 0.05) is 6.54 Å². The highest BCUT2D eigenvalue weighted by atomic mass is 17.2. The zero-order valence-corrected chi connectivity index (χ0v) is 22.1. The van der Waals surface area contributed by atoms with Gasteiger partial charge in [-0.3, -0.25) is 4.89 Å². The Morgan fingerprint density at radius 1 is 0.853 bits per heavy atom. The maximum Gasteiger partial charge on any atom is 0.347 e. The number of nitrogens with zero attached hydrogens (tertiary/aromatic N) is 1. The molecule has 0 saturated carbocycles. The van der Waals surface area contributed by atoms with Gasteiger partial charge in [-0.1, -0.05) is 100 Å². The minimum atomic E-state index is -0.280. The van der Waals surface area contributed by atoms with E-state index < -0.39 is 0 Å². The first-order chi connectivity index (χ1) is 16.6. The number of hydrogen-bond acceptors (Lipinski definition) is 4. The smallest absolute Gasteiger partial charge is 0.309 e. The van der Waals surface area contributed by atoms with Crippen LogP contribution in [0, 0.1) is 5.92 Å². The Bertz CT molecular complexity index is 654. The SMILES string of the molecule is CCCCC/C=C\C/C=C\CCCCCCCCOOC(=O)C(Cc1ccccc1)CN(C)C. The second-order valence-electron chi connectivity index (χ2n) is 9.46. The predicted molar refractivity (Wildman–Crippen MR) is 144 cm³/mol. The third-order valence-electron chi connectivity index (χ3n) is 5.81. The lowest BCUT2D eigenvalue weighted by Crippen LogP contribution is -2.31. The van der Waals surface area contributed by atoms with Crippen molar-refractivity contribution in [3.63, 3.8) is 0 Å². The molecule has 0 aromatic heterocycles. The summed E-state index contributed by atoms with van der Waals surface area (Å²) in [5.41, 5.74) is 1.14. The molecular formula is C30H49NO3. The van der Waals surface area contributed by atoms with Gasteiger partial charge < -0.3 is 4.90 Å². The maximum absolute atomic E-state index is 12.5. The summed E-state index contributed by atoms with van der Waals surface area (Å²) in [7, 11) is 3.94. The molecule has 0 heterocycles. The molecule has 192 valence electrons. The molecule has 1 aromatic rings. The van der Waals surface area contributed by atoms with E-state index in [1.807, 2.05) is 49.3 Å². The second-order valence-corrected chi connectivity index (χ2v) is 9.46. The van der Waals surface area contributed by atoms with Crippen LogP contribution in [-0.2, 0) is 21.0 Å². The molecule has 0 fully saturated rings. The summed E-state index contributed by atoms with van der Waals surface area (Å²) in [6.07, 6.45) is 24.3. The molecule has 0 aliphatic heterocycles. The van der Waals surface area contributed by atoms with Crippen molar-refractivity contribution in [1.82, 2.24) is 4.90 Å². The summed E-state index contributed by atoms with van der Waals surface area (Å²) >= 11 is 0. The van der Waals surface area contributed by atoms with E-state index >= 15 is 0 Å². The van der Waals surface area contributed by atoms with Gasteiger partial charge in [0.15, 0.2) is 0 Å². The van der Waals surface area contributed by atoms with Gasteiger partial charge >= 0.3 is 5.97 Å². The molecule has 1 rings (SSSR count). The molecule has 0 N–H and O–H groups in total. The number of carbonyl (C=O) groups is 1. The Morgan fingerprint density at radius 3 is 2.12 bits per heavy atom. The van der Waals surface area contributed by atoms with Gasteiger partial charge in [0.05, 0.1) is 12.5 Å². The molecule has 0 aliphatic carbocycles.